The zero-order valence-electron chi connectivity index (χ0n) is 11.2. The van der Waals surface area contributed by atoms with Crippen LogP contribution in [0.4, 0.5) is 4.39 Å². The molecule has 1 atom stereocenters. The maximum atomic E-state index is 13.1. The highest BCUT2D eigenvalue weighted by atomic mass is 35.5. The van der Waals surface area contributed by atoms with Gasteiger partial charge in [0.25, 0.3) is 0 Å². The average molecular weight is 287 g/mol. The van der Waals surface area contributed by atoms with Gasteiger partial charge in [-0.05, 0) is 37.5 Å². The first-order chi connectivity index (χ1) is 9.07. The van der Waals surface area contributed by atoms with Gasteiger partial charge in [0.05, 0.1) is 16.7 Å². The molecule has 19 heavy (non-hydrogen) atoms. The monoisotopic (exact) mass is 286 g/mol. The molecule has 0 radical (unpaired) electrons. The van der Waals surface area contributed by atoms with Gasteiger partial charge in [-0.25, -0.2) is 4.39 Å². The van der Waals surface area contributed by atoms with Crippen LogP contribution in [0.2, 0.25) is 5.02 Å². The Morgan fingerprint density at radius 2 is 2.11 bits per heavy atom. The molecule has 0 bridgehead atoms. The lowest BCUT2D eigenvalue weighted by atomic mass is 9.89. The van der Waals surface area contributed by atoms with Crippen LogP contribution < -0.4 is 0 Å². The molecule has 106 valence electrons. The van der Waals surface area contributed by atoms with Gasteiger partial charge in [-0.3, -0.25) is 0 Å². The zero-order chi connectivity index (χ0) is 13.9. The first kappa shape index (κ1) is 14.8. The molecule has 0 aromatic heterocycles. The fraction of sp³-hybridized carbons (Fsp3) is 0.600. The van der Waals surface area contributed by atoms with Gasteiger partial charge in [-0.15, -0.1) is 0 Å². The zero-order valence-corrected chi connectivity index (χ0v) is 11.9. The number of benzene rings is 1. The number of rotatable bonds is 5. The molecule has 1 aliphatic carbocycles. The largest absolute Gasteiger partial charge is 0.390 e. The van der Waals surface area contributed by atoms with Crippen LogP contribution in [-0.4, -0.2) is 23.4 Å². The molecule has 0 amide bonds. The number of hydrogen-bond acceptors (Lipinski definition) is 2. The van der Waals surface area contributed by atoms with E-state index in [9.17, 15) is 9.50 Å². The number of ether oxygens (including phenoxy) is 1. The van der Waals surface area contributed by atoms with Crippen molar-refractivity contribution in [1.29, 1.82) is 0 Å². The number of aliphatic hydroxyl groups is 1. The molecule has 2 nitrogen and oxygen atoms in total. The van der Waals surface area contributed by atoms with Crippen LogP contribution >= 0.6 is 11.6 Å². The fourth-order valence-corrected chi connectivity index (χ4v) is 3.11. The Labute approximate surface area is 118 Å². The van der Waals surface area contributed by atoms with Gasteiger partial charge in [0.15, 0.2) is 0 Å². The van der Waals surface area contributed by atoms with Gasteiger partial charge < -0.3 is 9.84 Å². The molecule has 4 heteroatoms. The molecule has 1 unspecified atom stereocenters. The number of aliphatic hydroxyl groups excluding tert-OH is 1. The van der Waals surface area contributed by atoms with Crippen LogP contribution in [0.25, 0.3) is 0 Å². The lowest BCUT2D eigenvalue weighted by Gasteiger charge is -2.34. The Morgan fingerprint density at radius 1 is 1.42 bits per heavy atom. The van der Waals surface area contributed by atoms with Crippen molar-refractivity contribution in [2.45, 2.75) is 50.7 Å². The quantitative estimate of drug-likeness (QED) is 0.894. The van der Waals surface area contributed by atoms with Crippen molar-refractivity contribution >= 4 is 11.6 Å². The van der Waals surface area contributed by atoms with E-state index in [1.807, 2.05) is 6.92 Å². The van der Waals surface area contributed by atoms with Gasteiger partial charge in [0.2, 0.25) is 0 Å². The van der Waals surface area contributed by atoms with Crippen molar-refractivity contribution in [2.75, 3.05) is 6.61 Å². The number of hydrogen-bond donors (Lipinski definition) is 1. The summed E-state index contributed by atoms with van der Waals surface area (Å²) in [4.78, 5) is 0. The van der Waals surface area contributed by atoms with E-state index in [-0.39, 0.29) is 5.02 Å². The predicted octanol–water partition coefficient (Wildman–Crippen LogP) is 3.73. The topological polar surface area (TPSA) is 29.5 Å². The SMILES string of the molecule is CCOC1(C(O)Cc2ccc(F)c(Cl)c2)CCCC1. The van der Waals surface area contributed by atoms with Crippen LogP contribution in [0.15, 0.2) is 18.2 Å². The summed E-state index contributed by atoms with van der Waals surface area (Å²) in [6, 6.07) is 4.58. The molecule has 0 spiro atoms. The highest BCUT2D eigenvalue weighted by molar-refractivity contribution is 6.30. The Kier molecular flexibility index (Phi) is 4.82. The summed E-state index contributed by atoms with van der Waals surface area (Å²) >= 11 is 5.76. The molecule has 2 rings (SSSR count). The molecule has 1 aliphatic rings. The third-order valence-corrected chi connectivity index (χ3v) is 4.19. The Bertz CT molecular complexity index is 430. The minimum atomic E-state index is -0.573. The van der Waals surface area contributed by atoms with Crippen molar-refractivity contribution in [1.82, 2.24) is 0 Å². The summed E-state index contributed by atoms with van der Waals surface area (Å²) in [5.41, 5.74) is 0.403. The minimum absolute atomic E-state index is 0.0987. The van der Waals surface area contributed by atoms with Gasteiger partial charge >= 0.3 is 0 Å². The first-order valence-corrected chi connectivity index (χ1v) is 7.21. The summed E-state index contributed by atoms with van der Waals surface area (Å²) in [6.45, 7) is 2.54. The van der Waals surface area contributed by atoms with Gasteiger partial charge in [-0.1, -0.05) is 30.5 Å². The first-order valence-electron chi connectivity index (χ1n) is 6.83. The molecular formula is C15H20ClFO2. The van der Waals surface area contributed by atoms with Crippen LogP contribution in [0.1, 0.15) is 38.2 Å². The maximum absolute atomic E-state index is 13.1. The third kappa shape index (κ3) is 3.28. The van der Waals surface area contributed by atoms with Gasteiger partial charge in [-0.2, -0.15) is 0 Å². The highest BCUT2D eigenvalue weighted by Crippen LogP contribution is 2.37. The molecule has 1 aromatic rings. The van der Waals surface area contributed by atoms with E-state index < -0.39 is 17.5 Å². The molecule has 1 aromatic carbocycles. The van der Waals surface area contributed by atoms with E-state index in [2.05, 4.69) is 0 Å². The lowest BCUT2D eigenvalue weighted by molar-refractivity contribution is -0.115. The smallest absolute Gasteiger partial charge is 0.141 e. The van der Waals surface area contributed by atoms with E-state index >= 15 is 0 Å². The maximum Gasteiger partial charge on any atom is 0.141 e. The van der Waals surface area contributed by atoms with Gasteiger partial charge in [0, 0.05) is 13.0 Å². The fourth-order valence-electron chi connectivity index (χ4n) is 2.91. The summed E-state index contributed by atoms with van der Waals surface area (Å²) < 4.78 is 18.9. The second-order valence-corrected chi connectivity index (χ2v) is 5.58. The van der Waals surface area contributed by atoms with Crippen LogP contribution in [0, 0.1) is 5.82 Å². The van der Waals surface area contributed by atoms with Crippen molar-refractivity contribution in [3.63, 3.8) is 0 Å². The molecule has 0 aliphatic heterocycles. The van der Waals surface area contributed by atoms with Crippen molar-refractivity contribution in [3.8, 4) is 0 Å². The molecular weight excluding hydrogens is 267 g/mol. The summed E-state index contributed by atoms with van der Waals surface area (Å²) in [6.07, 6.45) is 3.81. The Hall–Kier alpha value is -0.640. The molecule has 0 heterocycles. The average Bonchev–Trinajstić information content (AvgIpc) is 2.84. The van der Waals surface area contributed by atoms with Crippen molar-refractivity contribution in [3.05, 3.63) is 34.6 Å². The van der Waals surface area contributed by atoms with Crippen molar-refractivity contribution < 1.29 is 14.2 Å². The lowest BCUT2D eigenvalue weighted by Crippen LogP contribution is -2.43. The predicted molar refractivity (Wildman–Crippen MR) is 73.9 cm³/mol. The summed E-state index contributed by atoms with van der Waals surface area (Å²) in [7, 11) is 0. The minimum Gasteiger partial charge on any atom is -0.390 e. The molecule has 1 fully saturated rings. The second-order valence-electron chi connectivity index (χ2n) is 5.17. The van der Waals surface area contributed by atoms with E-state index in [0.29, 0.717) is 13.0 Å². The van der Waals surface area contributed by atoms with Crippen molar-refractivity contribution in [2.24, 2.45) is 0 Å². The molecule has 0 saturated heterocycles. The van der Waals surface area contributed by atoms with Crippen LogP contribution in [-0.2, 0) is 11.2 Å². The normalized spacial score (nSPS) is 19.6. The van der Waals surface area contributed by atoms with Crippen LogP contribution in [0.3, 0.4) is 0 Å². The van der Waals surface area contributed by atoms with E-state index in [4.69, 9.17) is 16.3 Å². The standard InChI is InChI=1S/C15H20ClFO2/c1-2-19-15(7-3-4-8-15)14(18)10-11-5-6-13(17)12(16)9-11/h5-6,9,14,18H,2-4,7-8,10H2,1H3. The Balaban J connectivity index is 2.10. The highest BCUT2D eigenvalue weighted by Gasteiger charge is 2.41. The van der Waals surface area contributed by atoms with E-state index in [0.717, 1.165) is 31.2 Å². The van der Waals surface area contributed by atoms with E-state index in [1.54, 1.807) is 12.1 Å². The second kappa shape index (κ2) is 6.21. The summed E-state index contributed by atoms with van der Waals surface area (Å²) in [5, 5.41) is 10.6. The molecule has 1 N–H and O–H groups in total. The Morgan fingerprint density at radius 3 is 2.68 bits per heavy atom. The molecule has 1 saturated carbocycles. The van der Waals surface area contributed by atoms with Gasteiger partial charge in [0.1, 0.15) is 5.82 Å². The third-order valence-electron chi connectivity index (χ3n) is 3.90. The van der Waals surface area contributed by atoms with E-state index in [1.165, 1.54) is 6.07 Å². The summed E-state index contributed by atoms with van der Waals surface area (Å²) in [5.74, 6) is -0.430. The number of halogens is 2. The van der Waals surface area contributed by atoms with Crippen LogP contribution in [0.5, 0.6) is 0 Å².